The van der Waals surface area contributed by atoms with E-state index >= 15 is 0 Å². The molecule has 0 atom stereocenters. The summed E-state index contributed by atoms with van der Waals surface area (Å²) in [5.41, 5.74) is 6.33. The molecule has 0 heterocycles. The van der Waals surface area contributed by atoms with E-state index in [4.69, 9.17) is 15.2 Å². The van der Waals surface area contributed by atoms with Crippen LogP contribution in [0.1, 0.15) is 31.2 Å². The van der Waals surface area contributed by atoms with Crippen molar-refractivity contribution in [3.8, 4) is 11.5 Å². The summed E-state index contributed by atoms with van der Waals surface area (Å²) in [6, 6.07) is 5.53. The van der Waals surface area contributed by atoms with Crippen molar-refractivity contribution >= 4 is 5.91 Å². The zero-order valence-corrected chi connectivity index (χ0v) is 12.1. The number of ether oxygens (including phenoxy) is 2. The normalized spacial score (nSPS) is 16.8. The third kappa shape index (κ3) is 3.04. The van der Waals surface area contributed by atoms with Crippen molar-refractivity contribution in [1.82, 2.24) is 5.32 Å². The Bertz CT molecular complexity index is 482. The molecule has 110 valence electrons. The Balaban J connectivity index is 2.01. The zero-order chi connectivity index (χ0) is 14.6. The van der Waals surface area contributed by atoms with Crippen LogP contribution in [0.4, 0.5) is 0 Å². The molecule has 20 heavy (non-hydrogen) atoms. The minimum Gasteiger partial charge on any atom is -0.497 e. The molecule has 5 nitrogen and oxygen atoms in total. The Labute approximate surface area is 119 Å². The van der Waals surface area contributed by atoms with Gasteiger partial charge in [-0.3, -0.25) is 4.79 Å². The molecule has 0 bridgehead atoms. The number of carbonyl (C=O) groups is 1. The molecule has 0 aliphatic heterocycles. The van der Waals surface area contributed by atoms with E-state index in [1.165, 1.54) is 0 Å². The fourth-order valence-corrected chi connectivity index (χ4v) is 2.58. The summed E-state index contributed by atoms with van der Waals surface area (Å²) < 4.78 is 10.5. The second-order valence-corrected chi connectivity index (χ2v) is 5.22. The van der Waals surface area contributed by atoms with E-state index in [1.54, 1.807) is 20.3 Å². The summed E-state index contributed by atoms with van der Waals surface area (Å²) in [7, 11) is 3.20. The lowest BCUT2D eigenvalue weighted by molar-refractivity contribution is -0.126. The zero-order valence-electron chi connectivity index (χ0n) is 12.1. The van der Waals surface area contributed by atoms with Crippen LogP contribution in [-0.4, -0.2) is 25.7 Å². The van der Waals surface area contributed by atoms with Gasteiger partial charge in [-0.05, 0) is 25.0 Å². The standard InChI is InChI=1S/C15H22N2O3/c1-19-12-6-5-11(13(9-12)20-2)10-17-14(18)15(16)7-3-4-8-15/h5-6,9H,3-4,7-8,10,16H2,1-2H3,(H,17,18). The molecule has 2 rings (SSSR count). The van der Waals surface area contributed by atoms with E-state index in [2.05, 4.69) is 5.32 Å². The first-order chi connectivity index (χ1) is 9.59. The Kier molecular flexibility index (Phi) is 4.49. The van der Waals surface area contributed by atoms with Crippen molar-refractivity contribution in [3.05, 3.63) is 23.8 Å². The quantitative estimate of drug-likeness (QED) is 0.858. The average molecular weight is 278 g/mol. The van der Waals surface area contributed by atoms with Gasteiger partial charge in [0.2, 0.25) is 5.91 Å². The minimum atomic E-state index is -0.695. The molecule has 0 unspecified atom stereocenters. The van der Waals surface area contributed by atoms with Gasteiger partial charge in [-0.25, -0.2) is 0 Å². The van der Waals surface area contributed by atoms with E-state index in [1.807, 2.05) is 12.1 Å². The number of hydrogen-bond acceptors (Lipinski definition) is 4. The van der Waals surface area contributed by atoms with E-state index in [0.717, 1.165) is 37.0 Å². The van der Waals surface area contributed by atoms with Gasteiger partial charge in [-0.15, -0.1) is 0 Å². The molecule has 3 N–H and O–H groups in total. The van der Waals surface area contributed by atoms with Gasteiger partial charge in [0.05, 0.1) is 19.8 Å². The van der Waals surface area contributed by atoms with Crippen LogP contribution in [0.15, 0.2) is 18.2 Å². The molecule has 1 aliphatic rings. The summed E-state index contributed by atoms with van der Waals surface area (Å²) in [5.74, 6) is 1.35. The van der Waals surface area contributed by atoms with Crippen LogP contribution >= 0.6 is 0 Å². The van der Waals surface area contributed by atoms with Gasteiger partial charge in [0, 0.05) is 18.2 Å². The SMILES string of the molecule is COc1ccc(CNC(=O)C2(N)CCCC2)c(OC)c1. The summed E-state index contributed by atoms with van der Waals surface area (Å²) in [6.07, 6.45) is 3.57. The van der Waals surface area contributed by atoms with Crippen LogP contribution in [0.25, 0.3) is 0 Å². The Morgan fingerprint density at radius 2 is 2.00 bits per heavy atom. The number of benzene rings is 1. The molecular weight excluding hydrogens is 256 g/mol. The number of rotatable bonds is 5. The van der Waals surface area contributed by atoms with Gasteiger partial charge in [0.25, 0.3) is 0 Å². The average Bonchev–Trinajstić information content (AvgIpc) is 2.92. The molecule has 0 radical (unpaired) electrons. The van der Waals surface area contributed by atoms with Crippen molar-refractivity contribution < 1.29 is 14.3 Å². The van der Waals surface area contributed by atoms with Gasteiger partial charge in [-0.1, -0.05) is 12.8 Å². The first kappa shape index (κ1) is 14.7. The van der Waals surface area contributed by atoms with Gasteiger partial charge in [-0.2, -0.15) is 0 Å². The van der Waals surface area contributed by atoms with E-state index in [0.29, 0.717) is 12.3 Å². The molecule has 0 saturated heterocycles. The third-order valence-electron chi connectivity index (χ3n) is 3.88. The topological polar surface area (TPSA) is 73.6 Å². The lowest BCUT2D eigenvalue weighted by Crippen LogP contribution is -2.51. The number of amides is 1. The van der Waals surface area contributed by atoms with E-state index < -0.39 is 5.54 Å². The maximum absolute atomic E-state index is 12.2. The van der Waals surface area contributed by atoms with Crippen LogP contribution in [-0.2, 0) is 11.3 Å². The molecule has 0 aromatic heterocycles. The molecule has 1 aromatic rings. The smallest absolute Gasteiger partial charge is 0.240 e. The molecule has 0 spiro atoms. The van der Waals surface area contributed by atoms with Gasteiger partial charge in [0.15, 0.2) is 0 Å². The second kappa shape index (κ2) is 6.13. The molecule has 1 saturated carbocycles. The Morgan fingerprint density at radius 3 is 2.60 bits per heavy atom. The van der Waals surface area contributed by atoms with Crippen LogP contribution in [0, 0.1) is 0 Å². The number of carbonyl (C=O) groups excluding carboxylic acids is 1. The van der Waals surface area contributed by atoms with Gasteiger partial charge in [0.1, 0.15) is 11.5 Å². The highest BCUT2D eigenvalue weighted by atomic mass is 16.5. The number of nitrogens with two attached hydrogens (primary N) is 1. The lowest BCUT2D eigenvalue weighted by atomic mass is 9.98. The Hall–Kier alpha value is -1.75. The number of nitrogens with one attached hydrogen (secondary N) is 1. The predicted molar refractivity (Wildman–Crippen MR) is 76.8 cm³/mol. The van der Waals surface area contributed by atoms with Crippen molar-refractivity contribution in [2.75, 3.05) is 14.2 Å². The molecule has 1 aromatic carbocycles. The highest BCUT2D eigenvalue weighted by molar-refractivity contribution is 5.86. The maximum atomic E-state index is 12.2. The molecule has 5 heteroatoms. The van der Waals surface area contributed by atoms with Crippen LogP contribution in [0.5, 0.6) is 11.5 Å². The first-order valence-corrected chi connectivity index (χ1v) is 6.87. The maximum Gasteiger partial charge on any atom is 0.240 e. The fourth-order valence-electron chi connectivity index (χ4n) is 2.58. The lowest BCUT2D eigenvalue weighted by Gasteiger charge is -2.22. The van der Waals surface area contributed by atoms with Crippen molar-refractivity contribution in [2.45, 2.75) is 37.8 Å². The second-order valence-electron chi connectivity index (χ2n) is 5.22. The summed E-state index contributed by atoms with van der Waals surface area (Å²) in [4.78, 5) is 12.2. The number of hydrogen-bond donors (Lipinski definition) is 2. The van der Waals surface area contributed by atoms with E-state index in [-0.39, 0.29) is 5.91 Å². The van der Waals surface area contributed by atoms with Crippen LogP contribution in [0.3, 0.4) is 0 Å². The summed E-state index contributed by atoms with van der Waals surface area (Å²) in [5, 5.41) is 2.91. The highest BCUT2D eigenvalue weighted by Gasteiger charge is 2.36. The van der Waals surface area contributed by atoms with Crippen molar-refractivity contribution in [1.29, 1.82) is 0 Å². The minimum absolute atomic E-state index is 0.0760. The van der Waals surface area contributed by atoms with Gasteiger partial charge < -0.3 is 20.5 Å². The first-order valence-electron chi connectivity index (χ1n) is 6.87. The van der Waals surface area contributed by atoms with E-state index in [9.17, 15) is 4.79 Å². The van der Waals surface area contributed by atoms with Crippen LogP contribution in [0.2, 0.25) is 0 Å². The Morgan fingerprint density at radius 1 is 1.30 bits per heavy atom. The summed E-state index contributed by atoms with van der Waals surface area (Å²) in [6.45, 7) is 0.408. The molecule has 1 amide bonds. The summed E-state index contributed by atoms with van der Waals surface area (Å²) >= 11 is 0. The molecule has 1 fully saturated rings. The monoisotopic (exact) mass is 278 g/mol. The predicted octanol–water partition coefficient (Wildman–Crippen LogP) is 1.59. The van der Waals surface area contributed by atoms with Crippen molar-refractivity contribution in [2.24, 2.45) is 5.73 Å². The molecule has 1 aliphatic carbocycles. The van der Waals surface area contributed by atoms with Gasteiger partial charge >= 0.3 is 0 Å². The highest BCUT2D eigenvalue weighted by Crippen LogP contribution is 2.28. The third-order valence-corrected chi connectivity index (χ3v) is 3.88. The van der Waals surface area contributed by atoms with Crippen molar-refractivity contribution in [3.63, 3.8) is 0 Å². The largest absolute Gasteiger partial charge is 0.497 e. The van der Waals surface area contributed by atoms with Crippen LogP contribution < -0.4 is 20.5 Å². The molecular formula is C15H22N2O3. The number of methoxy groups -OCH3 is 2. The fraction of sp³-hybridized carbons (Fsp3) is 0.533.